The van der Waals surface area contributed by atoms with E-state index in [0.29, 0.717) is 18.8 Å². The zero-order valence-electron chi connectivity index (χ0n) is 17.2. The first kappa shape index (κ1) is 20.1. The summed E-state index contributed by atoms with van der Waals surface area (Å²) in [6.45, 7) is 2.27. The maximum Gasteiger partial charge on any atom is 0.292 e. The van der Waals surface area contributed by atoms with Gasteiger partial charge in [-0.15, -0.1) is 5.10 Å². The molecule has 1 aromatic carbocycles. The van der Waals surface area contributed by atoms with Crippen LogP contribution in [-0.4, -0.2) is 55.2 Å². The molecular weight excluding hydrogens is 424 g/mol. The van der Waals surface area contributed by atoms with Crippen LogP contribution >= 0.6 is 0 Å². The van der Waals surface area contributed by atoms with Crippen molar-refractivity contribution < 1.29 is 22.8 Å². The molecule has 1 amide bonds. The Morgan fingerprint density at radius 1 is 1.25 bits per heavy atom. The first-order valence-electron chi connectivity index (χ1n) is 9.98. The second-order valence-electron chi connectivity index (χ2n) is 7.77. The first-order chi connectivity index (χ1) is 15.4. The molecule has 12 heteroatoms. The number of aromatic nitrogens is 5. The smallest absolute Gasteiger partial charge is 0.292 e. The minimum absolute atomic E-state index is 0.0392. The number of carbonyl (C=O) groups excluding carboxylic acids is 1. The Labute approximate surface area is 180 Å². The molecule has 10 nitrogen and oxygen atoms in total. The predicted molar refractivity (Wildman–Crippen MR) is 108 cm³/mol. The van der Waals surface area contributed by atoms with E-state index in [1.807, 2.05) is 6.92 Å². The van der Waals surface area contributed by atoms with Crippen LogP contribution in [0.25, 0.3) is 16.6 Å². The summed E-state index contributed by atoms with van der Waals surface area (Å²) in [4.78, 5) is 23.2. The zero-order chi connectivity index (χ0) is 22.6. The highest BCUT2D eigenvalue weighted by Crippen LogP contribution is 2.31. The summed E-state index contributed by atoms with van der Waals surface area (Å²) in [7, 11) is 1.43. The molecule has 0 radical (unpaired) electrons. The summed E-state index contributed by atoms with van der Waals surface area (Å²) >= 11 is 0. The number of hydrogen-bond acceptors (Lipinski definition) is 8. The van der Waals surface area contributed by atoms with E-state index in [-0.39, 0.29) is 52.0 Å². The van der Waals surface area contributed by atoms with Crippen LogP contribution < -0.4 is 10.5 Å². The maximum absolute atomic E-state index is 14.2. The molecule has 3 aromatic heterocycles. The quantitative estimate of drug-likeness (QED) is 0.512. The van der Waals surface area contributed by atoms with Gasteiger partial charge in [-0.2, -0.15) is 4.52 Å². The lowest BCUT2D eigenvalue weighted by molar-refractivity contribution is 0.0564. The number of methoxy groups -OCH3 is 1. The number of rotatable bonds is 3. The summed E-state index contributed by atoms with van der Waals surface area (Å²) < 4.78 is 39.4. The lowest BCUT2D eigenvalue weighted by atomic mass is 9.92. The van der Waals surface area contributed by atoms with Gasteiger partial charge in [-0.3, -0.25) is 4.79 Å². The van der Waals surface area contributed by atoms with Crippen molar-refractivity contribution in [3.8, 4) is 5.88 Å². The highest BCUT2D eigenvalue weighted by molar-refractivity contribution is 5.93. The number of carbonyl (C=O) groups is 1. The van der Waals surface area contributed by atoms with Crippen molar-refractivity contribution in [3.05, 3.63) is 41.4 Å². The van der Waals surface area contributed by atoms with Gasteiger partial charge in [-0.05, 0) is 31.0 Å². The number of benzene rings is 1. The minimum atomic E-state index is -0.829. The van der Waals surface area contributed by atoms with Crippen molar-refractivity contribution in [2.45, 2.75) is 31.7 Å². The standard InChI is InChI=1S/C20H19F2N7O3/c1-9-3-4-10(8-28(9)19(30)14-7-15(31-2)27-32-14)17-25-18-12-5-11(21)6-13(22)16(12)24-20(23)29(18)26-17/h5-7,9-10H,3-4,8H2,1-2H3,(H2,23,24)/t9-,10+/m0/s1. The summed E-state index contributed by atoms with van der Waals surface area (Å²) in [6, 6.07) is 3.29. The van der Waals surface area contributed by atoms with Gasteiger partial charge >= 0.3 is 0 Å². The third-order valence-corrected chi connectivity index (χ3v) is 5.75. The summed E-state index contributed by atoms with van der Waals surface area (Å²) in [6.07, 6.45) is 1.42. The predicted octanol–water partition coefficient (Wildman–Crippen LogP) is 2.54. The molecule has 1 saturated heterocycles. The monoisotopic (exact) mass is 443 g/mol. The third-order valence-electron chi connectivity index (χ3n) is 5.75. The molecular formula is C20H19F2N7O3. The Balaban J connectivity index is 1.51. The van der Waals surface area contributed by atoms with E-state index < -0.39 is 11.6 Å². The van der Waals surface area contributed by atoms with Crippen LogP contribution in [0.4, 0.5) is 14.7 Å². The van der Waals surface area contributed by atoms with Crippen molar-refractivity contribution >= 4 is 28.4 Å². The highest BCUT2D eigenvalue weighted by Gasteiger charge is 2.34. The highest BCUT2D eigenvalue weighted by atomic mass is 19.1. The lowest BCUT2D eigenvalue weighted by Gasteiger charge is -2.36. The third kappa shape index (κ3) is 3.18. The molecule has 32 heavy (non-hydrogen) atoms. The van der Waals surface area contributed by atoms with Crippen molar-refractivity contribution in [2.24, 2.45) is 0 Å². The molecule has 166 valence electrons. The summed E-state index contributed by atoms with van der Waals surface area (Å²) in [5, 5.41) is 8.28. The number of nitrogens with two attached hydrogens (primary N) is 1. The Morgan fingerprint density at radius 3 is 2.81 bits per heavy atom. The summed E-state index contributed by atoms with van der Waals surface area (Å²) in [5.74, 6) is -1.49. The molecule has 1 aliphatic heterocycles. The van der Waals surface area contributed by atoms with Gasteiger partial charge in [0, 0.05) is 24.6 Å². The fraction of sp³-hybridized carbons (Fsp3) is 0.350. The number of halogens is 2. The number of fused-ring (bicyclic) bond motifs is 3. The number of likely N-dealkylation sites (tertiary alicyclic amines) is 1. The molecule has 0 unspecified atom stereocenters. The molecule has 2 atom stereocenters. The molecule has 0 spiro atoms. The average Bonchev–Trinajstić information content (AvgIpc) is 3.42. The Bertz CT molecular complexity index is 1350. The van der Waals surface area contributed by atoms with Gasteiger partial charge in [0.25, 0.3) is 11.8 Å². The maximum atomic E-state index is 14.2. The van der Waals surface area contributed by atoms with Crippen molar-refractivity contribution in [2.75, 3.05) is 19.4 Å². The Morgan fingerprint density at radius 2 is 2.06 bits per heavy atom. The van der Waals surface area contributed by atoms with Gasteiger partial charge in [-0.25, -0.2) is 18.7 Å². The number of ether oxygens (including phenoxy) is 1. The fourth-order valence-electron chi connectivity index (χ4n) is 4.05. The van der Waals surface area contributed by atoms with E-state index in [1.54, 1.807) is 4.90 Å². The minimum Gasteiger partial charge on any atom is -0.479 e. The molecule has 1 fully saturated rings. The van der Waals surface area contributed by atoms with Gasteiger partial charge in [0.1, 0.15) is 11.3 Å². The van der Waals surface area contributed by atoms with E-state index in [0.717, 1.165) is 18.6 Å². The second kappa shape index (κ2) is 7.39. The number of nitrogens with zero attached hydrogens (tertiary/aromatic N) is 6. The number of hydrogen-bond donors (Lipinski definition) is 1. The molecule has 0 bridgehead atoms. The van der Waals surface area contributed by atoms with Crippen LogP contribution in [0.1, 0.15) is 42.1 Å². The van der Waals surface area contributed by atoms with E-state index >= 15 is 0 Å². The van der Waals surface area contributed by atoms with Gasteiger partial charge in [0.15, 0.2) is 17.3 Å². The lowest BCUT2D eigenvalue weighted by Crippen LogP contribution is -2.45. The zero-order valence-corrected chi connectivity index (χ0v) is 17.2. The van der Waals surface area contributed by atoms with E-state index in [4.69, 9.17) is 15.0 Å². The van der Waals surface area contributed by atoms with Crippen LogP contribution in [-0.2, 0) is 0 Å². The van der Waals surface area contributed by atoms with Gasteiger partial charge in [-0.1, -0.05) is 0 Å². The van der Waals surface area contributed by atoms with Crippen molar-refractivity contribution in [1.82, 2.24) is 29.6 Å². The molecule has 4 aromatic rings. The van der Waals surface area contributed by atoms with Gasteiger partial charge < -0.3 is 19.9 Å². The van der Waals surface area contributed by atoms with Gasteiger partial charge in [0.2, 0.25) is 11.7 Å². The fourth-order valence-corrected chi connectivity index (χ4v) is 4.05. The van der Waals surface area contributed by atoms with Crippen LogP contribution in [0.15, 0.2) is 22.7 Å². The van der Waals surface area contributed by atoms with Crippen LogP contribution in [0.5, 0.6) is 5.88 Å². The topological polar surface area (TPSA) is 125 Å². The van der Waals surface area contributed by atoms with Crippen LogP contribution in [0.3, 0.4) is 0 Å². The Kier molecular flexibility index (Phi) is 4.64. The number of amides is 1. The van der Waals surface area contributed by atoms with Crippen molar-refractivity contribution in [1.29, 1.82) is 0 Å². The Hall–Kier alpha value is -3.83. The largest absolute Gasteiger partial charge is 0.479 e. The molecule has 2 N–H and O–H groups in total. The second-order valence-corrected chi connectivity index (χ2v) is 7.77. The molecule has 5 rings (SSSR count). The average molecular weight is 443 g/mol. The SMILES string of the molecule is COc1cc(C(=O)N2C[C@H](c3nc4c5cc(F)cc(F)c5nc(N)n4n3)CC[C@@H]2C)on1. The number of anilines is 1. The van der Waals surface area contributed by atoms with E-state index in [2.05, 4.69) is 20.2 Å². The number of nitrogen functional groups attached to an aromatic ring is 1. The van der Waals surface area contributed by atoms with E-state index in [1.165, 1.54) is 17.7 Å². The number of piperidine rings is 1. The summed E-state index contributed by atoms with van der Waals surface area (Å²) in [5.41, 5.74) is 6.08. The molecule has 0 saturated carbocycles. The van der Waals surface area contributed by atoms with E-state index in [9.17, 15) is 13.6 Å². The molecule has 4 heterocycles. The van der Waals surface area contributed by atoms with Crippen LogP contribution in [0.2, 0.25) is 0 Å². The van der Waals surface area contributed by atoms with Gasteiger partial charge in [0.05, 0.1) is 18.6 Å². The first-order valence-corrected chi connectivity index (χ1v) is 9.98. The molecule has 0 aliphatic carbocycles. The van der Waals surface area contributed by atoms with Crippen LogP contribution in [0, 0.1) is 11.6 Å². The van der Waals surface area contributed by atoms with Crippen molar-refractivity contribution in [3.63, 3.8) is 0 Å². The molecule has 1 aliphatic rings. The normalized spacial score (nSPS) is 19.1.